The molecule has 0 bridgehead atoms. The number of carbonyl (C=O) groups is 1. The zero-order valence-corrected chi connectivity index (χ0v) is 24.3. The molecule has 3 aromatic carbocycles. The van der Waals surface area contributed by atoms with Gasteiger partial charge in [0.1, 0.15) is 11.9 Å². The number of aliphatic imine (C=N–C) groups is 1. The Morgan fingerprint density at radius 3 is 2.62 bits per heavy atom. The molecule has 39 heavy (non-hydrogen) atoms. The third-order valence-electron chi connectivity index (χ3n) is 7.19. The molecule has 0 spiro atoms. The highest BCUT2D eigenvalue weighted by Crippen LogP contribution is 2.36. The molecule has 0 saturated carbocycles. The van der Waals surface area contributed by atoms with E-state index >= 15 is 0 Å². The largest absolute Gasteiger partial charge is 0.497 e. The molecule has 0 radical (unpaired) electrons. The molecule has 2 aliphatic rings. The lowest BCUT2D eigenvalue weighted by Crippen LogP contribution is -2.47. The molecule has 1 fully saturated rings. The number of hydrazine groups is 1. The zero-order chi connectivity index (χ0) is 27.7. The van der Waals surface area contributed by atoms with Gasteiger partial charge in [-0.05, 0) is 61.1 Å². The van der Waals surface area contributed by atoms with E-state index in [4.69, 9.17) is 21.3 Å². The van der Waals surface area contributed by atoms with Crippen LogP contribution in [0.3, 0.4) is 0 Å². The van der Waals surface area contributed by atoms with Gasteiger partial charge in [-0.1, -0.05) is 48.0 Å². The molecule has 204 valence electrons. The zero-order valence-electron chi connectivity index (χ0n) is 22.5. The topological polar surface area (TPSA) is 98.2 Å². The van der Waals surface area contributed by atoms with Gasteiger partial charge in [-0.25, -0.2) is 10.9 Å². The molecule has 2 aliphatic heterocycles. The Labute approximate surface area is 235 Å². The number of benzene rings is 3. The number of hydrogen-bond donors (Lipinski definition) is 4. The summed E-state index contributed by atoms with van der Waals surface area (Å²) in [6, 6.07) is 21.0. The minimum Gasteiger partial charge on any atom is -0.497 e. The second-order valence-electron chi connectivity index (χ2n) is 10.5. The van der Waals surface area contributed by atoms with Crippen LogP contribution in [0.4, 0.5) is 5.69 Å². The number of carbonyl (C=O) groups excluding carboxylic acids is 1. The normalized spacial score (nSPS) is 20.5. The van der Waals surface area contributed by atoms with Gasteiger partial charge in [0.15, 0.2) is 0 Å². The third-order valence-corrected chi connectivity index (χ3v) is 9.16. The van der Waals surface area contributed by atoms with Gasteiger partial charge >= 0.3 is 0 Å². The highest BCUT2D eigenvalue weighted by atomic mass is 35.5. The van der Waals surface area contributed by atoms with Crippen LogP contribution in [0.1, 0.15) is 30.0 Å². The van der Waals surface area contributed by atoms with Gasteiger partial charge in [-0.15, -0.1) is 0 Å². The third kappa shape index (κ3) is 5.87. The van der Waals surface area contributed by atoms with Gasteiger partial charge in [0, 0.05) is 28.4 Å². The van der Waals surface area contributed by atoms with Crippen LogP contribution in [0.15, 0.2) is 71.7 Å². The highest BCUT2D eigenvalue weighted by Gasteiger charge is 2.40. The predicted octanol–water partition coefficient (Wildman–Crippen LogP) is 3.27. The first kappa shape index (κ1) is 27.4. The van der Waals surface area contributed by atoms with Crippen LogP contribution < -0.4 is 31.0 Å². The first-order chi connectivity index (χ1) is 18.6. The summed E-state index contributed by atoms with van der Waals surface area (Å²) >= 11 is 6.19. The number of rotatable bonds is 7. The van der Waals surface area contributed by atoms with Crippen molar-refractivity contribution >= 4 is 42.4 Å². The van der Waals surface area contributed by atoms with Crippen LogP contribution in [-0.2, 0) is 11.3 Å². The minimum atomic E-state index is -2.43. The Hall–Kier alpha value is -3.21. The van der Waals surface area contributed by atoms with Gasteiger partial charge in [-0.3, -0.25) is 9.79 Å². The highest BCUT2D eigenvalue weighted by molar-refractivity contribution is 6.83. The predicted molar refractivity (Wildman–Crippen MR) is 158 cm³/mol. The maximum atomic E-state index is 13.3. The number of methoxy groups -OCH3 is 1. The van der Waals surface area contributed by atoms with Gasteiger partial charge < -0.3 is 19.7 Å². The molecule has 0 aromatic heterocycles. The number of amides is 1. The van der Waals surface area contributed by atoms with E-state index < -0.39 is 8.32 Å². The molecule has 3 aromatic rings. The van der Waals surface area contributed by atoms with Crippen molar-refractivity contribution < 1.29 is 14.3 Å². The Balaban J connectivity index is 1.46. The Kier molecular flexibility index (Phi) is 7.79. The molecule has 5 rings (SSSR count). The van der Waals surface area contributed by atoms with Crippen LogP contribution in [0.25, 0.3) is 0 Å². The SMILES string of the molecule is COc1ccc2c(c1)C(c1ccc(Cl)cc1)=NC(CC(=O)NCc1cccc([Si](C)(C)O)c1)C1NNC(C)N21. The fourth-order valence-corrected chi connectivity index (χ4v) is 6.28. The number of halogens is 1. The van der Waals surface area contributed by atoms with Crippen molar-refractivity contribution in [3.05, 3.63) is 88.4 Å². The van der Waals surface area contributed by atoms with E-state index in [1.54, 1.807) is 7.11 Å². The summed E-state index contributed by atoms with van der Waals surface area (Å²) in [5.74, 6) is 0.627. The van der Waals surface area contributed by atoms with Crippen LogP contribution >= 0.6 is 11.6 Å². The Morgan fingerprint density at radius 2 is 1.90 bits per heavy atom. The van der Waals surface area contributed by atoms with E-state index in [2.05, 4.69) is 28.0 Å². The minimum absolute atomic E-state index is 0.0267. The number of hydrogen-bond acceptors (Lipinski definition) is 7. The monoisotopic (exact) mass is 563 g/mol. The van der Waals surface area contributed by atoms with Crippen molar-refractivity contribution in [2.75, 3.05) is 12.0 Å². The number of fused-ring (bicyclic) bond motifs is 3. The average molecular weight is 564 g/mol. The lowest BCUT2D eigenvalue weighted by Gasteiger charge is -2.31. The van der Waals surface area contributed by atoms with E-state index in [1.807, 2.05) is 79.8 Å². The maximum Gasteiger partial charge on any atom is 0.222 e. The number of anilines is 1. The molecule has 2 heterocycles. The van der Waals surface area contributed by atoms with Crippen LogP contribution in [0.2, 0.25) is 18.1 Å². The van der Waals surface area contributed by atoms with Crippen LogP contribution in [-0.4, -0.2) is 50.2 Å². The van der Waals surface area contributed by atoms with Gasteiger partial charge in [-0.2, -0.15) is 0 Å². The van der Waals surface area contributed by atoms with Crippen molar-refractivity contribution in [3.8, 4) is 5.75 Å². The van der Waals surface area contributed by atoms with Gasteiger partial charge in [0.2, 0.25) is 14.2 Å². The van der Waals surface area contributed by atoms with Crippen molar-refractivity contribution in [2.24, 2.45) is 4.99 Å². The number of nitrogens with one attached hydrogen (secondary N) is 3. The van der Waals surface area contributed by atoms with Crippen molar-refractivity contribution in [3.63, 3.8) is 0 Å². The smallest absolute Gasteiger partial charge is 0.222 e. The van der Waals surface area contributed by atoms with Crippen LogP contribution in [0.5, 0.6) is 5.75 Å². The summed E-state index contributed by atoms with van der Waals surface area (Å²) in [6.07, 6.45) is -0.0847. The van der Waals surface area contributed by atoms with Crippen molar-refractivity contribution in [1.29, 1.82) is 0 Å². The summed E-state index contributed by atoms with van der Waals surface area (Å²) in [5, 5.41) is 4.64. The molecule has 10 heteroatoms. The molecule has 1 saturated heterocycles. The molecule has 0 aliphatic carbocycles. The number of ether oxygens (including phenoxy) is 1. The molecular formula is C29H34ClN5O3Si. The summed E-state index contributed by atoms with van der Waals surface area (Å²) in [5.41, 5.74) is 11.2. The van der Waals surface area contributed by atoms with Gasteiger partial charge in [0.25, 0.3) is 0 Å². The summed E-state index contributed by atoms with van der Waals surface area (Å²) in [4.78, 5) is 31.2. The summed E-state index contributed by atoms with van der Waals surface area (Å²) in [6.45, 7) is 6.22. The fraction of sp³-hybridized carbons (Fsp3) is 0.310. The quantitative estimate of drug-likeness (QED) is 0.329. The first-order valence-electron chi connectivity index (χ1n) is 13.0. The Morgan fingerprint density at radius 1 is 1.13 bits per heavy atom. The first-order valence-corrected chi connectivity index (χ1v) is 16.4. The van der Waals surface area contributed by atoms with Crippen molar-refractivity contribution in [1.82, 2.24) is 16.2 Å². The standard InChI is InChI=1S/C29H34ClN5O3Si/c1-18-33-34-29-25(16-27(36)31-17-19-6-5-7-23(14-19)39(3,4)37)32-28(20-8-10-21(30)11-9-20)24-15-22(38-2)12-13-26(24)35(18)29/h5-15,18,25,29,33-34,37H,16-17H2,1-4H3,(H,31,36). The number of nitrogens with zero attached hydrogens (tertiary/aromatic N) is 2. The second-order valence-corrected chi connectivity index (χ2v) is 14.6. The van der Waals surface area contributed by atoms with Gasteiger partial charge in [0.05, 0.1) is 31.4 Å². The maximum absolute atomic E-state index is 13.3. The van der Waals surface area contributed by atoms with E-state index in [1.165, 1.54) is 0 Å². The lowest BCUT2D eigenvalue weighted by atomic mass is 9.99. The molecule has 4 N–H and O–H groups in total. The molecule has 3 atom stereocenters. The molecule has 1 amide bonds. The van der Waals surface area contributed by atoms with Crippen LogP contribution in [0, 0.1) is 0 Å². The summed E-state index contributed by atoms with van der Waals surface area (Å²) < 4.78 is 5.55. The van der Waals surface area contributed by atoms with Crippen molar-refractivity contribution in [2.45, 2.75) is 51.4 Å². The van der Waals surface area contributed by atoms with E-state index in [0.717, 1.165) is 39.0 Å². The molecule has 3 unspecified atom stereocenters. The lowest BCUT2D eigenvalue weighted by molar-refractivity contribution is -0.121. The van der Waals surface area contributed by atoms with E-state index in [-0.39, 0.29) is 30.7 Å². The molecule has 8 nitrogen and oxygen atoms in total. The Bertz CT molecular complexity index is 1390. The molecular weight excluding hydrogens is 530 g/mol. The summed E-state index contributed by atoms with van der Waals surface area (Å²) in [7, 11) is -0.786. The average Bonchev–Trinajstić information content (AvgIpc) is 3.24. The fourth-order valence-electron chi connectivity index (χ4n) is 5.11. The second kappa shape index (κ2) is 11.1. The van der Waals surface area contributed by atoms with E-state index in [9.17, 15) is 9.59 Å². The van der Waals surface area contributed by atoms with E-state index in [0.29, 0.717) is 11.6 Å².